The smallest absolute Gasteiger partial charge is 0.0445 e. The summed E-state index contributed by atoms with van der Waals surface area (Å²) in [6.07, 6.45) is 9.64. The lowest BCUT2D eigenvalue weighted by Gasteiger charge is -2.22. The van der Waals surface area contributed by atoms with Crippen LogP contribution in [-0.2, 0) is 0 Å². The van der Waals surface area contributed by atoms with Gasteiger partial charge in [-0.25, -0.2) is 0 Å². The number of aliphatic hydroxyl groups excluding tert-OH is 2. The van der Waals surface area contributed by atoms with Crippen molar-refractivity contribution in [3.63, 3.8) is 0 Å². The largest absolute Gasteiger partial charge is 0.396 e. The highest BCUT2D eigenvalue weighted by Gasteiger charge is 2.10. The first kappa shape index (κ1) is 15.9. The number of aliphatic hydroxyl groups is 2. The quantitative estimate of drug-likeness (QED) is 0.608. The third-order valence-electron chi connectivity index (χ3n) is 3.78. The van der Waals surface area contributed by atoms with Crippen molar-refractivity contribution < 1.29 is 10.2 Å². The zero-order chi connectivity index (χ0) is 13.1. The molecule has 18 heavy (non-hydrogen) atoms. The molecule has 0 aromatic carbocycles. The molecule has 2 saturated heterocycles. The molecule has 0 bridgehead atoms. The van der Waals surface area contributed by atoms with Crippen LogP contribution in [0.1, 0.15) is 51.4 Å². The number of rotatable bonds is 4. The molecule has 4 heteroatoms. The molecule has 2 fully saturated rings. The molecular formula is C14H30N2O2. The highest BCUT2D eigenvalue weighted by atomic mass is 16.3. The molecule has 2 aliphatic rings. The van der Waals surface area contributed by atoms with Crippen LogP contribution in [0.15, 0.2) is 0 Å². The molecule has 0 amide bonds. The molecule has 0 radical (unpaired) electrons. The number of hydrogen-bond donors (Lipinski definition) is 4. The van der Waals surface area contributed by atoms with Gasteiger partial charge in [0.05, 0.1) is 0 Å². The van der Waals surface area contributed by atoms with Crippen LogP contribution in [0, 0.1) is 0 Å². The van der Waals surface area contributed by atoms with E-state index in [-0.39, 0.29) is 0 Å². The van der Waals surface area contributed by atoms with E-state index < -0.39 is 0 Å². The summed E-state index contributed by atoms with van der Waals surface area (Å²) >= 11 is 0. The first-order chi connectivity index (χ1) is 8.86. The van der Waals surface area contributed by atoms with Crippen LogP contribution >= 0.6 is 0 Å². The summed E-state index contributed by atoms with van der Waals surface area (Å²) < 4.78 is 0. The molecule has 0 spiro atoms. The molecule has 0 aromatic heterocycles. The molecule has 0 saturated carbocycles. The fourth-order valence-corrected chi connectivity index (χ4v) is 2.65. The van der Waals surface area contributed by atoms with Crippen molar-refractivity contribution in [3.8, 4) is 0 Å². The minimum atomic E-state index is 0.331. The number of nitrogens with one attached hydrogen (secondary N) is 2. The van der Waals surface area contributed by atoms with Crippen molar-refractivity contribution in [2.45, 2.75) is 63.5 Å². The molecule has 2 aliphatic heterocycles. The lowest BCUT2D eigenvalue weighted by atomic mass is 10.0. The van der Waals surface area contributed by atoms with E-state index in [4.69, 9.17) is 10.2 Å². The van der Waals surface area contributed by atoms with Crippen molar-refractivity contribution in [3.05, 3.63) is 0 Å². The SMILES string of the molecule is OCCC1CCCCN1.OCCC1CCCCN1. The second-order valence-electron chi connectivity index (χ2n) is 5.32. The summed E-state index contributed by atoms with van der Waals surface area (Å²) in [5.74, 6) is 0. The molecule has 4 nitrogen and oxygen atoms in total. The number of hydrogen-bond acceptors (Lipinski definition) is 4. The van der Waals surface area contributed by atoms with E-state index in [0.29, 0.717) is 25.3 Å². The fourth-order valence-electron chi connectivity index (χ4n) is 2.65. The molecule has 2 rings (SSSR count). The zero-order valence-corrected chi connectivity index (χ0v) is 11.5. The summed E-state index contributed by atoms with van der Waals surface area (Å²) in [4.78, 5) is 0. The van der Waals surface area contributed by atoms with Crippen molar-refractivity contribution in [1.29, 1.82) is 0 Å². The van der Waals surface area contributed by atoms with Crippen LogP contribution in [0.2, 0.25) is 0 Å². The number of piperidine rings is 2. The Labute approximate surface area is 111 Å². The maximum absolute atomic E-state index is 8.58. The van der Waals surface area contributed by atoms with Crippen LogP contribution in [0.3, 0.4) is 0 Å². The third-order valence-corrected chi connectivity index (χ3v) is 3.78. The first-order valence-electron chi connectivity index (χ1n) is 7.55. The van der Waals surface area contributed by atoms with Gasteiger partial charge in [-0.15, -0.1) is 0 Å². The Balaban J connectivity index is 0.000000180. The van der Waals surface area contributed by atoms with E-state index in [1.807, 2.05) is 0 Å². The Bertz CT molecular complexity index is 153. The molecule has 0 aromatic rings. The van der Waals surface area contributed by atoms with Crippen LogP contribution in [-0.4, -0.2) is 48.6 Å². The maximum atomic E-state index is 8.58. The Kier molecular flexibility index (Phi) is 9.48. The van der Waals surface area contributed by atoms with Gasteiger partial charge in [-0.05, 0) is 51.6 Å². The van der Waals surface area contributed by atoms with Crippen molar-refractivity contribution in [2.75, 3.05) is 26.3 Å². The standard InChI is InChI=1S/2C7H15NO/c2*9-6-4-7-3-1-2-5-8-7/h2*7-9H,1-6H2. The summed E-state index contributed by atoms with van der Waals surface area (Å²) in [5.41, 5.74) is 0. The van der Waals surface area contributed by atoms with E-state index in [0.717, 1.165) is 25.9 Å². The van der Waals surface area contributed by atoms with Crippen LogP contribution in [0.4, 0.5) is 0 Å². The van der Waals surface area contributed by atoms with Gasteiger partial charge in [-0.2, -0.15) is 0 Å². The molecule has 2 unspecified atom stereocenters. The lowest BCUT2D eigenvalue weighted by molar-refractivity contribution is 0.250. The Hall–Kier alpha value is -0.160. The van der Waals surface area contributed by atoms with Gasteiger partial charge in [0, 0.05) is 25.3 Å². The molecule has 108 valence electrons. The molecule has 0 aliphatic carbocycles. The minimum absolute atomic E-state index is 0.331. The summed E-state index contributed by atoms with van der Waals surface area (Å²) in [5, 5.41) is 23.9. The fraction of sp³-hybridized carbons (Fsp3) is 1.00. The predicted octanol–water partition coefficient (Wildman–Crippen LogP) is 1.02. The first-order valence-corrected chi connectivity index (χ1v) is 7.55. The van der Waals surface area contributed by atoms with Crippen LogP contribution in [0.5, 0.6) is 0 Å². The van der Waals surface area contributed by atoms with Gasteiger partial charge in [-0.3, -0.25) is 0 Å². The van der Waals surface area contributed by atoms with Gasteiger partial charge in [0.2, 0.25) is 0 Å². The van der Waals surface area contributed by atoms with E-state index in [9.17, 15) is 0 Å². The van der Waals surface area contributed by atoms with Gasteiger partial charge in [0.25, 0.3) is 0 Å². The average Bonchev–Trinajstić information content (AvgIpc) is 2.43. The summed E-state index contributed by atoms with van der Waals surface area (Å²) in [6.45, 7) is 2.95. The Morgan fingerprint density at radius 2 is 1.17 bits per heavy atom. The van der Waals surface area contributed by atoms with Gasteiger partial charge in [0.1, 0.15) is 0 Å². The van der Waals surface area contributed by atoms with Crippen LogP contribution in [0.25, 0.3) is 0 Å². The van der Waals surface area contributed by atoms with Gasteiger partial charge in [-0.1, -0.05) is 12.8 Å². The predicted molar refractivity (Wildman–Crippen MR) is 74.7 cm³/mol. The van der Waals surface area contributed by atoms with Crippen molar-refractivity contribution in [1.82, 2.24) is 10.6 Å². The lowest BCUT2D eigenvalue weighted by Crippen LogP contribution is -2.34. The minimum Gasteiger partial charge on any atom is -0.396 e. The third kappa shape index (κ3) is 7.31. The Morgan fingerprint density at radius 3 is 1.44 bits per heavy atom. The monoisotopic (exact) mass is 258 g/mol. The normalized spacial score (nSPS) is 28.3. The van der Waals surface area contributed by atoms with E-state index in [1.54, 1.807) is 0 Å². The summed E-state index contributed by atoms with van der Waals surface area (Å²) in [7, 11) is 0. The van der Waals surface area contributed by atoms with Gasteiger partial charge < -0.3 is 20.8 Å². The highest BCUT2D eigenvalue weighted by Crippen LogP contribution is 2.09. The Morgan fingerprint density at radius 1 is 0.722 bits per heavy atom. The van der Waals surface area contributed by atoms with E-state index in [2.05, 4.69) is 10.6 Å². The van der Waals surface area contributed by atoms with Crippen molar-refractivity contribution >= 4 is 0 Å². The van der Waals surface area contributed by atoms with E-state index in [1.165, 1.54) is 38.5 Å². The zero-order valence-electron chi connectivity index (χ0n) is 11.5. The van der Waals surface area contributed by atoms with Crippen LogP contribution < -0.4 is 10.6 Å². The van der Waals surface area contributed by atoms with Crippen molar-refractivity contribution in [2.24, 2.45) is 0 Å². The second-order valence-corrected chi connectivity index (χ2v) is 5.32. The molecular weight excluding hydrogens is 228 g/mol. The molecule has 2 atom stereocenters. The van der Waals surface area contributed by atoms with Gasteiger partial charge >= 0.3 is 0 Å². The average molecular weight is 258 g/mol. The van der Waals surface area contributed by atoms with E-state index >= 15 is 0 Å². The van der Waals surface area contributed by atoms with Gasteiger partial charge in [0.15, 0.2) is 0 Å². The second kappa shape index (κ2) is 10.7. The molecule has 2 heterocycles. The molecule has 4 N–H and O–H groups in total. The maximum Gasteiger partial charge on any atom is 0.0445 e. The highest BCUT2D eigenvalue weighted by molar-refractivity contribution is 4.71. The summed E-state index contributed by atoms with van der Waals surface area (Å²) in [6, 6.07) is 1.20. The topological polar surface area (TPSA) is 64.5 Å².